The summed E-state index contributed by atoms with van der Waals surface area (Å²) >= 11 is 3.42. The highest BCUT2D eigenvalue weighted by Gasteiger charge is 2.20. The van der Waals surface area contributed by atoms with Crippen molar-refractivity contribution < 1.29 is 4.74 Å². The summed E-state index contributed by atoms with van der Waals surface area (Å²) in [5.41, 5.74) is 3.42. The second kappa shape index (κ2) is 5.57. The number of aryl methyl sites for hydroxylation is 2. The quantitative estimate of drug-likeness (QED) is 0.718. The van der Waals surface area contributed by atoms with Crippen molar-refractivity contribution in [2.45, 2.75) is 40.0 Å². The molecule has 2 nitrogen and oxygen atoms in total. The smallest absolute Gasteiger partial charge is 0.222 e. The van der Waals surface area contributed by atoms with Gasteiger partial charge in [0.25, 0.3) is 0 Å². The summed E-state index contributed by atoms with van der Waals surface area (Å²) in [5.74, 6) is 1.54. The lowest BCUT2D eigenvalue weighted by atomic mass is 9.86. The van der Waals surface area contributed by atoms with Crippen LogP contribution in [-0.2, 0) is 5.41 Å². The predicted molar refractivity (Wildman–Crippen MR) is 86.6 cm³/mol. The van der Waals surface area contributed by atoms with Gasteiger partial charge in [-0.3, -0.25) is 0 Å². The number of aromatic nitrogens is 1. The van der Waals surface area contributed by atoms with Crippen LogP contribution in [0.5, 0.6) is 11.6 Å². The second-order valence-corrected chi connectivity index (χ2v) is 7.04. The summed E-state index contributed by atoms with van der Waals surface area (Å²) < 4.78 is 7.03. The van der Waals surface area contributed by atoms with Crippen LogP contribution in [0.1, 0.15) is 37.5 Å². The number of benzene rings is 1. The molecule has 1 aromatic carbocycles. The van der Waals surface area contributed by atoms with Gasteiger partial charge in [-0.25, -0.2) is 4.98 Å². The summed E-state index contributed by atoms with van der Waals surface area (Å²) in [4.78, 5) is 4.36. The van der Waals surface area contributed by atoms with Crippen LogP contribution in [0.3, 0.4) is 0 Å². The van der Waals surface area contributed by atoms with E-state index in [1.54, 1.807) is 6.20 Å². The zero-order valence-corrected chi connectivity index (χ0v) is 14.2. The normalized spacial score (nSPS) is 11.5. The molecule has 0 amide bonds. The van der Waals surface area contributed by atoms with Crippen LogP contribution in [0, 0.1) is 13.8 Å². The van der Waals surface area contributed by atoms with Gasteiger partial charge in [0.1, 0.15) is 5.75 Å². The first-order valence-electron chi connectivity index (χ1n) is 6.68. The van der Waals surface area contributed by atoms with E-state index < -0.39 is 0 Å². The van der Waals surface area contributed by atoms with Gasteiger partial charge in [0, 0.05) is 21.8 Å². The largest absolute Gasteiger partial charge is 0.438 e. The molecule has 106 valence electrons. The van der Waals surface area contributed by atoms with E-state index in [4.69, 9.17) is 4.74 Å². The Morgan fingerprint density at radius 1 is 1.10 bits per heavy atom. The zero-order chi connectivity index (χ0) is 14.9. The first-order valence-corrected chi connectivity index (χ1v) is 7.48. The Bertz CT molecular complexity index is 629. The van der Waals surface area contributed by atoms with Crippen LogP contribution < -0.4 is 4.74 Å². The third kappa shape index (κ3) is 3.40. The summed E-state index contributed by atoms with van der Waals surface area (Å²) in [6, 6.07) is 8.34. The van der Waals surface area contributed by atoms with Crippen molar-refractivity contribution in [1.82, 2.24) is 4.98 Å². The van der Waals surface area contributed by atoms with Gasteiger partial charge < -0.3 is 4.74 Å². The molecule has 0 aliphatic rings. The van der Waals surface area contributed by atoms with Gasteiger partial charge in [-0.05, 0) is 52.9 Å². The van der Waals surface area contributed by atoms with E-state index in [0.717, 1.165) is 15.8 Å². The maximum absolute atomic E-state index is 6.07. The highest BCUT2D eigenvalue weighted by atomic mass is 79.9. The fourth-order valence-electron chi connectivity index (χ4n) is 2.07. The van der Waals surface area contributed by atoms with Crippen molar-refractivity contribution in [3.63, 3.8) is 0 Å². The minimum Gasteiger partial charge on any atom is -0.438 e. The van der Waals surface area contributed by atoms with Gasteiger partial charge in [0.15, 0.2) is 0 Å². The van der Waals surface area contributed by atoms with Gasteiger partial charge in [-0.2, -0.15) is 0 Å². The third-order valence-electron chi connectivity index (χ3n) is 3.15. The van der Waals surface area contributed by atoms with E-state index in [0.29, 0.717) is 5.88 Å². The number of pyridine rings is 1. The minimum atomic E-state index is 0.0340. The average molecular weight is 334 g/mol. The molecule has 0 fully saturated rings. The molecule has 0 N–H and O–H groups in total. The van der Waals surface area contributed by atoms with Gasteiger partial charge in [-0.1, -0.05) is 32.9 Å². The maximum Gasteiger partial charge on any atom is 0.222 e. The number of ether oxygens (including phenoxy) is 1. The lowest BCUT2D eigenvalue weighted by molar-refractivity contribution is 0.436. The molecule has 2 aromatic rings. The number of rotatable bonds is 2. The average Bonchev–Trinajstić information content (AvgIpc) is 2.31. The molecule has 0 bridgehead atoms. The summed E-state index contributed by atoms with van der Waals surface area (Å²) in [6.07, 6.45) is 1.76. The highest BCUT2D eigenvalue weighted by molar-refractivity contribution is 9.10. The van der Waals surface area contributed by atoms with E-state index in [1.165, 1.54) is 11.1 Å². The molecule has 0 aliphatic heterocycles. The van der Waals surface area contributed by atoms with Crippen molar-refractivity contribution >= 4 is 15.9 Å². The number of nitrogens with zero attached hydrogens (tertiary/aromatic N) is 1. The molecule has 0 radical (unpaired) electrons. The van der Waals surface area contributed by atoms with E-state index >= 15 is 0 Å². The van der Waals surface area contributed by atoms with E-state index in [-0.39, 0.29) is 5.41 Å². The Balaban J connectivity index is 2.45. The molecule has 0 unspecified atom stereocenters. The third-order valence-corrected chi connectivity index (χ3v) is 3.58. The van der Waals surface area contributed by atoms with Crippen LogP contribution in [0.4, 0.5) is 0 Å². The van der Waals surface area contributed by atoms with E-state index in [9.17, 15) is 0 Å². The van der Waals surface area contributed by atoms with Crippen LogP contribution in [-0.4, -0.2) is 4.98 Å². The molecule has 0 spiro atoms. The molecule has 0 saturated heterocycles. The Morgan fingerprint density at radius 3 is 2.40 bits per heavy atom. The molecule has 0 saturated carbocycles. The van der Waals surface area contributed by atoms with Crippen LogP contribution >= 0.6 is 15.9 Å². The molecule has 0 aliphatic carbocycles. The Labute approximate surface area is 129 Å². The SMILES string of the molecule is Cc1ccc(C(C)(C)C)c(Oc2ncc(Br)cc2C)c1. The van der Waals surface area contributed by atoms with Crippen molar-refractivity contribution in [2.75, 3.05) is 0 Å². The lowest BCUT2D eigenvalue weighted by Gasteiger charge is -2.23. The minimum absolute atomic E-state index is 0.0340. The number of halogens is 1. The number of hydrogen-bond donors (Lipinski definition) is 0. The second-order valence-electron chi connectivity index (χ2n) is 6.13. The number of hydrogen-bond acceptors (Lipinski definition) is 2. The van der Waals surface area contributed by atoms with Crippen molar-refractivity contribution in [3.8, 4) is 11.6 Å². The van der Waals surface area contributed by atoms with E-state index in [2.05, 4.69) is 66.8 Å². The van der Waals surface area contributed by atoms with Gasteiger partial charge in [0.2, 0.25) is 5.88 Å². The molecule has 0 atom stereocenters. The first kappa shape index (κ1) is 15.0. The van der Waals surface area contributed by atoms with E-state index in [1.807, 2.05) is 13.0 Å². The van der Waals surface area contributed by atoms with Crippen LogP contribution in [0.25, 0.3) is 0 Å². The van der Waals surface area contributed by atoms with Gasteiger partial charge in [0.05, 0.1) is 0 Å². The monoisotopic (exact) mass is 333 g/mol. The molecular weight excluding hydrogens is 314 g/mol. The molecule has 20 heavy (non-hydrogen) atoms. The van der Waals surface area contributed by atoms with Crippen LogP contribution in [0.15, 0.2) is 34.9 Å². The fourth-order valence-corrected chi connectivity index (χ4v) is 2.52. The molecule has 3 heteroatoms. The lowest BCUT2D eigenvalue weighted by Crippen LogP contribution is -2.13. The molecule has 2 rings (SSSR count). The fraction of sp³-hybridized carbons (Fsp3) is 0.353. The molecule has 1 heterocycles. The standard InChI is InChI=1S/C17H20BrNO/c1-11-6-7-14(17(3,4)5)15(8-11)20-16-12(2)9-13(18)10-19-16/h6-10H,1-5H3. The Hall–Kier alpha value is -1.35. The first-order chi connectivity index (χ1) is 9.27. The van der Waals surface area contributed by atoms with Gasteiger partial charge in [-0.15, -0.1) is 0 Å². The topological polar surface area (TPSA) is 22.1 Å². The Morgan fingerprint density at radius 2 is 1.80 bits per heavy atom. The van der Waals surface area contributed by atoms with Gasteiger partial charge >= 0.3 is 0 Å². The molecule has 1 aromatic heterocycles. The summed E-state index contributed by atoms with van der Waals surface area (Å²) in [5, 5.41) is 0. The maximum atomic E-state index is 6.07. The van der Waals surface area contributed by atoms with Crippen LogP contribution in [0.2, 0.25) is 0 Å². The summed E-state index contributed by atoms with van der Waals surface area (Å²) in [7, 11) is 0. The highest BCUT2D eigenvalue weighted by Crippen LogP contribution is 2.35. The summed E-state index contributed by atoms with van der Waals surface area (Å²) in [6.45, 7) is 10.6. The zero-order valence-electron chi connectivity index (χ0n) is 12.6. The van der Waals surface area contributed by atoms with Crippen molar-refractivity contribution in [2.24, 2.45) is 0 Å². The Kier molecular flexibility index (Phi) is 4.19. The van der Waals surface area contributed by atoms with Crippen molar-refractivity contribution in [1.29, 1.82) is 0 Å². The predicted octanol–water partition coefficient (Wildman–Crippen LogP) is 5.55. The van der Waals surface area contributed by atoms with Crippen molar-refractivity contribution in [3.05, 3.63) is 51.6 Å². The molecular formula is C17H20BrNO.